The van der Waals surface area contributed by atoms with Crippen LogP contribution in [0.2, 0.25) is 0 Å². The van der Waals surface area contributed by atoms with Crippen molar-refractivity contribution in [1.29, 1.82) is 0 Å². The van der Waals surface area contributed by atoms with Crippen molar-refractivity contribution in [2.45, 2.75) is 141 Å². The summed E-state index contributed by atoms with van der Waals surface area (Å²) in [7, 11) is -4.00. The van der Waals surface area contributed by atoms with Gasteiger partial charge in [-0.2, -0.15) is 8.42 Å². The van der Waals surface area contributed by atoms with E-state index in [-0.39, 0.29) is 4.90 Å². The predicted molar refractivity (Wildman–Crippen MR) is 153 cm³/mol. The molecule has 1 aromatic carbocycles. The molecular weight excluding hydrogens is 454 g/mol. The van der Waals surface area contributed by atoms with Crippen molar-refractivity contribution in [1.82, 2.24) is 4.90 Å². The van der Waals surface area contributed by atoms with Gasteiger partial charge in [-0.05, 0) is 51.0 Å². The van der Waals surface area contributed by atoms with Gasteiger partial charge in [-0.25, -0.2) is 0 Å². The number of hydrogen-bond donors (Lipinski definition) is 1. The Hall–Kier alpha value is -0.910. The molecule has 0 amide bonds. The molecule has 35 heavy (non-hydrogen) atoms. The molecule has 0 aliphatic carbocycles. The molecule has 0 aliphatic heterocycles. The van der Waals surface area contributed by atoms with Gasteiger partial charge in [-0.1, -0.05) is 135 Å². The summed E-state index contributed by atoms with van der Waals surface area (Å²) >= 11 is 0. The lowest BCUT2D eigenvalue weighted by molar-refractivity contribution is 0.254. The van der Waals surface area contributed by atoms with Gasteiger partial charge in [0.25, 0.3) is 10.1 Å². The molecule has 0 atom stereocenters. The van der Waals surface area contributed by atoms with Crippen molar-refractivity contribution >= 4 is 10.1 Å². The number of unbranched alkanes of at least 4 members (excludes halogenated alkanes) is 15. The molecule has 206 valence electrons. The summed E-state index contributed by atoms with van der Waals surface area (Å²) in [4.78, 5) is 2.72. The molecular formula is C30H57NO3S. The molecule has 0 unspecified atom stereocenters. The molecule has 1 N–H and O–H groups in total. The highest BCUT2D eigenvalue weighted by Crippen LogP contribution is 2.11. The second-order valence-corrected chi connectivity index (χ2v) is 11.4. The largest absolute Gasteiger partial charge is 0.303 e. The van der Waals surface area contributed by atoms with Crippen LogP contribution >= 0.6 is 0 Å². The monoisotopic (exact) mass is 511 g/mol. The molecule has 0 heterocycles. The zero-order valence-corrected chi connectivity index (χ0v) is 24.2. The first-order chi connectivity index (χ1) is 17.0. The first-order valence-electron chi connectivity index (χ1n) is 14.7. The van der Waals surface area contributed by atoms with Gasteiger partial charge in [-0.15, -0.1) is 0 Å². The van der Waals surface area contributed by atoms with Crippen LogP contribution in [0.4, 0.5) is 0 Å². The van der Waals surface area contributed by atoms with Gasteiger partial charge in [0.05, 0.1) is 4.90 Å². The number of benzene rings is 1. The van der Waals surface area contributed by atoms with E-state index in [1.165, 1.54) is 147 Å². The smallest absolute Gasteiger partial charge is 0.294 e. The second kappa shape index (κ2) is 24.8. The zero-order valence-electron chi connectivity index (χ0n) is 23.4. The van der Waals surface area contributed by atoms with Gasteiger partial charge >= 0.3 is 0 Å². The molecule has 1 rings (SSSR count). The van der Waals surface area contributed by atoms with E-state index in [0.29, 0.717) is 0 Å². The maximum Gasteiger partial charge on any atom is 0.294 e. The van der Waals surface area contributed by atoms with E-state index in [1.54, 1.807) is 18.2 Å². The molecule has 0 saturated carbocycles. The van der Waals surface area contributed by atoms with Crippen LogP contribution in [0.25, 0.3) is 0 Å². The molecule has 0 saturated heterocycles. The zero-order chi connectivity index (χ0) is 26.0. The summed E-state index contributed by atoms with van der Waals surface area (Å²) in [6.45, 7) is 11.0. The van der Waals surface area contributed by atoms with E-state index in [1.807, 2.05) is 0 Å². The van der Waals surface area contributed by atoms with Gasteiger partial charge in [0.2, 0.25) is 0 Å². The normalized spacial score (nSPS) is 11.5. The lowest BCUT2D eigenvalue weighted by atomic mass is 10.1. The van der Waals surface area contributed by atoms with Crippen molar-refractivity contribution in [3.8, 4) is 0 Å². The van der Waals surface area contributed by atoms with E-state index in [9.17, 15) is 8.42 Å². The Morgan fingerprint density at radius 3 is 1.14 bits per heavy atom. The van der Waals surface area contributed by atoms with Crippen LogP contribution < -0.4 is 0 Å². The molecule has 0 spiro atoms. The van der Waals surface area contributed by atoms with Crippen LogP contribution in [0.3, 0.4) is 0 Å². The van der Waals surface area contributed by atoms with Gasteiger partial charge in [0.15, 0.2) is 0 Å². The Bertz CT molecular complexity index is 611. The molecule has 1 aromatic rings. The minimum absolute atomic E-state index is 0.0741. The maximum atomic E-state index is 10.4. The minimum Gasteiger partial charge on any atom is -0.303 e. The molecule has 0 fully saturated rings. The van der Waals surface area contributed by atoms with Crippen molar-refractivity contribution < 1.29 is 13.0 Å². The van der Waals surface area contributed by atoms with Crippen LogP contribution in [0, 0.1) is 0 Å². The highest BCUT2D eigenvalue weighted by molar-refractivity contribution is 7.85. The Balaban J connectivity index is 0.000000952. The van der Waals surface area contributed by atoms with Crippen LogP contribution in [0.15, 0.2) is 35.2 Å². The van der Waals surface area contributed by atoms with Crippen LogP contribution in [0.1, 0.15) is 136 Å². The summed E-state index contributed by atoms with van der Waals surface area (Å²) in [6, 6.07) is 7.42. The minimum atomic E-state index is -4.00. The highest BCUT2D eigenvalue weighted by Gasteiger charge is 2.06. The lowest BCUT2D eigenvalue weighted by Crippen LogP contribution is -2.27. The highest BCUT2D eigenvalue weighted by atomic mass is 32.2. The summed E-state index contributed by atoms with van der Waals surface area (Å²) in [6.07, 6.45) is 25.7. The van der Waals surface area contributed by atoms with Crippen molar-refractivity contribution in [2.75, 3.05) is 19.6 Å². The van der Waals surface area contributed by atoms with Gasteiger partial charge in [-0.3, -0.25) is 4.55 Å². The number of hydrogen-bond acceptors (Lipinski definition) is 3. The fourth-order valence-corrected chi connectivity index (χ4v) is 4.78. The Morgan fingerprint density at radius 1 is 0.543 bits per heavy atom. The molecule has 5 heteroatoms. The topological polar surface area (TPSA) is 57.6 Å². The standard InChI is InChI=1S/C24H51N.C6H6O3S/c1-4-7-10-13-16-19-22-25(23-20-17-14-11-8-5-2)24-21-18-15-12-9-6-3;7-10(8,9)6-4-2-1-3-5-6/h4-24H2,1-3H3;1-5H,(H,7,8,9). The number of rotatable bonds is 22. The Labute approximate surface area is 219 Å². The number of nitrogens with zero attached hydrogens (tertiary/aromatic N) is 1. The third-order valence-corrected chi connectivity index (χ3v) is 7.39. The predicted octanol–water partition coefficient (Wildman–Crippen LogP) is 9.30. The average molecular weight is 512 g/mol. The van der Waals surface area contributed by atoms with Gasteiger partial charge in [0, 0.05) is 0 Å². The fourth-order valence-electron chi connectivity index (χ4n) is 4.28. The van der Waals surface area contributed by atoms with E-state index < -0.39 is 10.1 Å². The van der Waals surface area contributed by atoms with Gasteiger partial charge < -0.3 is 4.90 Å². The first-order valence-corrected chi connectivity index (χ1v) is 16.1. The summed E-state index contributed by atoms with van der Waals surface area (Å²) in [5.41, 5.74) is 0. The fraction of sp³-hybridized carbons (Fsp3) is 0.800. The van der Waals surface area contributed by atoms with E-state index in [4.69, 9.17) is 4.55 Å². The van der Waals surface area contributed by atoms with E-state index >= 15 is 0 Å². The van der Waals surface area contributed by atoms with E-state index in [2.05, 4.69) is 25.7 Å². The maximum absolute atomic E-state index is 10.4. The molecule has 0 aromatic heterocycles. The second-order valence-electron chi connectivity index (χ2n) is 9.93. The quantitative estimate of drug-likeness (QED) is 0.124. The molecule has 0 aliphatic rings. The SMILES string of the molecule is CCCCCCCCN(CCCCCCCC)CCCCCCCC.O=S(=O)(O)c1ccccc1. The van der Waals surface area contributed by atoms with Crippen molar-refractivity contribution in [3.63, 3.8) is 0 Å². The van der Waals surface area contributed by atoms with Crippen molar-refractivity contribution in [3.05, 3.63) is 30.3 Å². The van der Waals surface area contributed by atoms with Crippen molar-refractivity contribution in [2.24, 2.45) is 0 Å². The Kier molecular flexibility index (Phi) is 24.1. The van der Waals surface area contributed by atoms with Crippen LogP contribution in [-0.2, 0) is 10.1 Å². The lowest BCUT2D eigenvalue weighted by Gasteiger charge is -2.22. The van der Waals surface area contributed by atoms with E-state index in [0.717, 1.165) is 0 Å². The molecule has 0 radical (unpaired) electrons. The summed E-state index contributed by atoms with van der Waals surface area (Å²) in [5, 5.41) is 0. The third kappa shape index (κ3) is 23.3. The Morgan fingerprint density at radius 2 is 0.857 bits per heavy atom. The molecule has 0 bridgehead atoms. The first kappa shape index (κ1) is 34.1. The average Bonchev–Trinajstić information content (AvgIpc) is 2.85. The summed E-state index contributed by atoms with van der Waals surface area (Å²) in [5.74, 6) is 0. The van der Waals surface area contributed by atoms with Crippen LogP contribution in [-0.4, -0.2) is 37.5 Å². The third-order valence-electron chi connectivity index (χ3n) is 6.52. The summed E-state index contributed by atoms with van der Waals surface area (Å²) < 4.78 is 29.2. The van der Waals surface area contributed by atoms with Crippen LogP contribution in [0.5, 0.6) is 0 Å². The van der Waals surface area contributed by atoms with Gasteiger partial charge in [0.1, 0.15) is 0 Å². The molecule has 4 nitrogen and oxygen atoms in total.